The zero-order valence-electron chi connectivity index (χ0n) is 15.7. The van der Waals surface area contributed by atoms with Crippen LogP contribution in [0.3, 0.4) is 0 Å². The highest BCUT2D eigenvalue weighted by molar-refractivity contribution is 7.89. The Morgan fingerprint density at radius 2 is 1.83 bits per heavy atom. The van der Waals surface area contributed by atoms with E-state index in [0.717, 1.165) is 12.8 Å². The number of pyridine rings is 1. The van der Waals surface area contributed by atoms with Crippen molar-refractivity contribution < 1.29 is 22.6 Å². The lowest BCUT2D eigenvalue weighted by atomic mass is 9.94. The van der Waals surface area contributed by atoms with Gasteiger partial charge < -0.3 is 14.2 Å². The number of nitriles is 1. The van der Waals surface area contributed by atoms with E-state index in [9.17, 15) is 8.42 Å². The Morgan fingerprint density at radius 1 is 1.07 bits per heavy atom. The zero-order chi connectivity index (χ0) is 20.3. The number of hydrogen-bond donors (Lipinski definition) is 1. The third-order valence-electron chi connectivity index (χ3n) is 4.97. The molecule has 0 radical (unpaired) electrons. The molecule has 0 spiro atoms. The van der Waals surface area contributed by atoms with Gasteiger partial charge in [0.2, 0.25) is 15.9 Å². The molecule has 1 aromatic carbocycles. The number of fused-ring (bicyclic) bond motifs is 1. The van der Waals surface area contributed by atoms with Gasteiger partial charge in [0.1, 0.15) is 25.4 Å². The van der Waals surface area contributed by atoms with Gasteiger partial charge in [0, 0.05) is 24.4 Å². The maximum Gasteiger partial charge on any atom is 0.240 e. The smallest absolute Gasteiger partial charge is 0.240 e. The van der Waals surface area contributed by atoms with Gasteiger partial charge >= 0.3 is 0 Å². The Morgan fingerprint density at radius 3 is 2.52 bits per heavy atom. The minimum absolute atomic E-state index is 0.0227. The van der Waals surface area contributed by atoms with Gasteiger partial charge in [-0.3, -0.25) is 0 Å². The molecule has 1 saturated carbocycles. The monoisotopic (exact) mass is 415 g/mol. The van der Waals surface area contributed by atoms with Gasteiger partial charge in [0.15, 0.2) is 11.5 Å². The van der Waals surface area contributed by atoms with Crippen molar-refractivity contribution in [1.29, 1.82) is 5.26 Å². The van der Waals surface area contributed by atoms with Crippen molar-refractivity contribution in [3.8, 4) is 23.4 Å². The van der Waals surface area contributed by atoms with E-state index >= 15 is 0 Å². The van der Waals surface area contributed by atoms with E-state index in [1.165, 1.54) is 18.3 Å². The number of aromatic nitrogens is 1. The van der Waals surface area contributed by atoms with Crippen molar-refractivity contribution in [3.05, 3.63) is 42.1 Å². The van der Waals surface area contributed by atoms with E-state index in [4.69, 9.17) is 19.5 Å². The van der Waals surface area contributed by atoms with Crippen molar-refractivity contribution in [2.45, 2.75) is 42.7 Å². The Bertz CT molecular complexity index is 1010. The van der Waals surface area contributed by atoms with E-state index in [1.807, 2.05) is 6.07 Å². The fraction of sp³-hybridized carbons (Fsp3) is 0.400. The molecule has 0 unspecified atom stereocenters. The molecule has 1 aromatic heterocycles. The standard InChI is InChI=1S/C20H21N3O5S/c21-12-14-1-8-20(22-13-14)28-16-4-2-15(3-5-16)23-29(24,25)17-6-7-18-19(11-17)27-10-9-26-18/h1,6-8,11,13,15-16,23H,2-5,9-10H2. The zero-order valence-corrected chi connectivity index (χ0v) is 16.5. The summed E-state index contributed by atoms with van der Waals surface area (Å²) in [5.74, 6) is 1.49. The highest BCUT2D eigenvalue weighted by atomic mass is 32.2. The predicted molar refractivity (Wildman–Crippen MR) is 103 cm³/mol. The minimum atomic E-state index is -3.65. The summed E-state index contributed by atoms with van der Waals surface area (Å²) in [4.78, 5) is 4.29. The van der Waals surface area contributed by atoms with Crippen molar-refractivity contribution in [1.82, 2.24) is 9.71 Å². The maximum atomic E-state index is 12.7. The van der Waals surface area contributed by atoms with Gasteiger partial charge in [-0.15, -0.1) is 0 Å². The van der Waals surface area contributed by atoms with Crippen molar-refractivity contribution in [2.75, 3.05) is 13.2 Å². The van der Waals surface area contributed by atoms with Crippen molar-refractivity contribution >= 4 is 10.0 Å². The van der Waals surface area contributed by atoms with Gasteiger partial charge in [-0.1, -0.05) is 0 Å². The van der Waals surface area contributed by atoms with E-state index in [1.54, 1.807) is 18.2 Å². The normalized spacial score (nSPS) is 21.2. The predicted octanol–water partition coefficient (Wildman–Crippen LogP) is 2.39. The summed E-state index contributed by atoms with van der Waals surface area (Å²) in [6.45, 7) is 0.864. The SMILES string of the molecule is N#Cc1ccc(OC2CCC(NS(=O)(=O)c3ccc4c(c3)OCCO4)CC2)nc1. The Labute approximate surface area is 169 Å². The molecule has 0 saturated heterocycles. The van der Waals surface area contributed by atoms with Gasteiger partial charge in [0.25, 0.3) is 0 Å². The first kappa shape index (κ1) is 19.5. The summed E-state index contributed by atoms with van der Waals surface area (Å²) in [5, 5.41) is 8.81. The summed E-state index contributed by atoms with van der Waals surface area (Å²) in [6.07, 6.45) is 4.23. The van der Waals surface area contributed by atoms with Crippen LogP contribution in [-0.2, 0) is 10.0 Å². The minimum Gasteiger partial charge on any atom is -0.486 e. The molecule has 2 aromatic rings. The second kappa shape index (κ2) is 8.27. The summed E-state index contributed by atoms with van der Waals surface area (Å²) in [5.41, 5.74) is 0.481. The molecule has 1 aliphatic heterocycles. The highest BCUT2D eigenvalue weighted by Crippen LogP contribution is 2.32. The summed E-state index contributed by atoms with van der Waals surface area (Å²) in [7, 11) is -3.65. The quantitative estimate of drug-likeness (QED) is 0.798. The Balaban J connectivity index is 1.33. The molecule has 4 rings (SSSR count). The molecule has 1 fully saturated rings. The summed E-state index contributed by atoms with van der Waals surface area (Å²) in [6, 6.07) is 9.86. The van der Waals surface area contributed by atoms with Crippen LogP contribution in [0.15, 0.2) is 41.4 Å². The number of ether oxygens (including phenoxy) is 3. The number of nitrogens with zero attached hydrogens (tertiary/aromatic N) is 2. The second-order valence-corrected chi connectivity index (χ2v) is 8.73. The molecule has 152 valence electrons. The number of benzene rings is 1. The van der Waals surface area contributed by atoms with Gasteiger partial charge in [-0.05, 0) is 43.9 Å². The Hall–Kier alpha value is -2.83. The molecular weight excluding hydrogens is 394 g/mol. The molecular formula is C20H21N3O5S. The first-order valence-electron chi connectivity index (χ1n) is 9.48. The largest absolute Gasteiger partial charge is 0.486 e. The first-order valence-corrected chi connectivity index (χ1v) is 11.0. The third kappa shape index (κ3) is 4.60. The second-order valence-electron chi connectivity index (χ2n) is 7.02. The van der Waals surface area contributed by atoms with Crippen LogP contribution in [0.4, 0.5) is 0 Å². The van der Waals surface area contributed by atoms with Gasteiger partial charge in [-0.25, -0.2) is 18.1 Å². The molecule has 0 atom stereocenters. The Kier molecular flexibility index (Phi) is 5.56. The van der Waals surface area contributed by atoms with Crippen molar-refractivity contribution in [3.63, 3.8) is 0 Å². The summed E-state index contributed by atoms with van der Waals surface area (Å²) >= 11 is 0. The summed E-state index contributed by atoms with van der Waals surface area (Å²) < 4.78 is 45.0. The van der Waals surface area contributed by atoms with E-state index in [-0.39, 0.29) is 17.0 Å². The van der Waals surface area contributed by atoms with Crippen LogP contribution < -0.4 is 18.9 Å². The van der Waals surface area contributed by atoms with Crippen LogP contribution in [0.25, 0.3) is 0 Å². The fourth-order valence-electron chi connectivity index (χ4n) is 3.46. The van der Waals surface area contributed by atoms with Crippen LogP contribution in [0.2, 0.25) is 0 Å². The maximum absolute atomic E-state index is 12.7. The van der Waals surface area contributed by atoms with E-state index in [2.05, 4.69) is 9.71 Å². The number of hydrogen-bond acceptors (Lipinski definition) is 7. The molecule has 29 heavy (non-hydrogen) atoms. The first-order chi connectivity index (χ1) is 14.0. The average molecular weight is 415 g/mol. The lowest BCUT2D eigenvalue weighted by molar-refractivity contribution is 0.138. The molecule has 2 aliphatic rings. The number of nitrogens with one attached hydrogen (secondary N) is 1. The van der Waals surface area contributed by atoms with Crippen LogP contribution in [0, 0.1) is 11.3 Å². The molecule has 0 bridgehead atoms. The molecule has 0 amide bonds. The average Bonchev–Trinajstić information content (AvgIpc) is 2.75. The van der Waals surface area contributed by atoms with E-state index in [0.29, 0.717) is 49.0 Å². The van der Waals surface area contributed by atoms with E-state index < -0.39 is 10.0 Å². The van der Waals surface area contributed by atoms with Crippen LogP contribution >= 0.6 is 0 Å². The lowest BCUT2D eigenvalue weighted by Crippen LogP contribution is -2.39. The highest BCUT2D eigenvalue weighted by Gasteiger charge is 2.27. The number of rotatable bonds is 5. The third-order valence-corrected chi connectivity index (χ3v) is 6.49. The van der Waals surface area contributed by atoms with Crippen LogP contribution in [0.5, 0.6) is 17.4 Å². The van der Waals surface area contributed by atoms with Gasteiger partial charge in [0.05, 0.1) is 10.5 Å². The van der Waals surface area contributed by atoms with Crippen LogP contribution in [0.1, 0.15) is 31.2 Å². The molecule has 8 nitrogen and oxygen atoms in total. The fourth-order valence-corrected chi connectivity index (χ4v) is 4.78. The van der Waals surface area contributed by atoms with Crippen LogP contribution in [-0.4, -0.2) is 38.8 Å². The number of sulfonamides is 1. The van der Waals surface area contributed by atoms with Crippen molar-refractivity contribution in [2.24, 2.45) is 0 Å². The topological polar surface area (TPSA) is 111 Å². The lowest BCUT2D eigenvalue weighted by Gasteiger charge is -2.29. The molecule has 1 aliphatic carbocycles. The van der Waals surface area contributed by atoms with Gasteiger partial charge in [-0.2, -0.15) is 5.26 Å². The molecule has 9 heteroatoms. The molecule has 1 N–H and O–H groups in total. The molecule has 2 heterocycles.